The number of hydrogen-bond donors (Lipinski definition) is 1. The first-order chi connectivity index (χ1) is 18.0. The number of nitrogens with zero attached hydrogens (tertiary/aromatic N) is 1. The van der Waals surface area contributed by atoms with E-state index in [1.54, 1.807) is 55.5 Å². The number of alkyl halides is 3. The van der Waals surface area contributed by atoms with E-state index in [1.165, 1.54) is 30.3 Å². The highest BCUT2D eigenvalue weighted by molar-refractivity contribution is 7.87. The summed E-state index contributed by atoms with van der Waals surface area (Å²) in [6.45, 7) is 1.80. The molecule has 0 bridgehead atoms. The summed E-state index contributed by atoms with van der Waals surface area (Å²) in [5.41, 5.74) is -1.23. The van der Waals surface area contributed by atoms with Crippen LogP contribution in [0.2, 0.25) is 0 Å². The van der Waals surface area contributed by atoms with Gasteiger partial charge in [-0.25, -0.2) is 0 Å². The number of benzene rings is 4. The smallest absolute Gasteiger partial charge is 0.378 e. The van der Waals surface area contributed by atoms with Crippen LogP contribution in [-0.4, -0.2) is 14.3 Å². The lowest BCUT2D eigenvalue weighted by atomic mass is 10.0. The Balaban J connectivity index is 1.79. The van der Waals surface area contributed by atoms with Gasteiger partial charge in [-0.1, -0.05) is 60.2 Å². The molecule has 38 heavy (non-hydrogen) atoms. The maximum atomic E-state index is 13.4. The molecule has 10 heteroatoms. The maximum Gasteiger partial charge on any atom is 0.418 e. The molecule has 0 saturated heterocycles. The predicted molar refractivity (Wildman–Crippen MR) is 137 cm³/mol. The molecule has 4 aromatic carbocycles. The zero-order chi connectivity index (χ0) is 27.5. The monoisotopic (exact) mass is 536 g/mol. The third-order valence-corrected chi connectivity index (χ3v) is 6.82. The second kappa shape index (κ2) is 10.4. The third-order valence-electron chi connectivity index (χ3n) is 5.57. The zero-order valence-corrected chi connectivity index (χ0v) is 20.6. The van der Waals surface area contributed by atoms with E-state index in [9.17, 15) is 31.6 Å². The van der Waals surface area contributed by atoms with Crippen LogP contribution < -0.4 is 9.50 Å². The molecule has 192 valence electrons. The van der Waals surface area contributed by atoms with Gasteiger partial charge in [0.15, 0.2) is 5.75 Å². The Hall–Kier alpha value is -4.62. The van der Waals surface area contributed by atoms with Crippen LogP contribution in [0.1, 0.15) is 16.7 Å². The second-order valence-corrected chi connectivity index (χ2v) is 9.76. The summed E-state index contributed by atoms with van der Waals surface area (Å²) in [4.78, 5) is 12.8. The molecular formula is C28H19F3N2O4S. The third kappa shape index (κ3) is 5.68. The Labute approximate surface area is 216 Å². The van der Waals surface area contributed by atoms with Gasteiger partial charge in [0.05, 0.1) is 11.3 Å². The second-order valence-electron chi connectivity index (χ2n) is 8.22. The number of carbonyl (C=O) groups excluding carboxylic acids is 1. The van der Waals surface area contributed by atoms with Gasteiger partial charge >= 0.3 is 16.3 Å². The highest BCUT2D eigenvalue weighted by atomic mass is 32.2. The standard InChI is InChI=1S/C28H19F3N2O4S/c1-18-10-13-21(14-11-18)38(35,36)37-26-15-12-19-6-2-3-7-22(19)23(26)16-20(17-32)27(34)33-25-9-5-4-8-24(25)28(29,30)31/h2-16H,1H3,(H,33,34). The molecule has 0 atom stereocenters. The molecular weight excluding hydrogens is 517 g/mol. The lowest BCUT2D eigenvalue weighted by Crippen LogP contribution is -2.17. The van der Waals surface area contributed by atoms with Crippen molar-refractivity contribution in [1.82, 2.24) is 0 Å². The Kier molecular flexibility index (Phi) is 7.23. The number of amides is 1. The fourth-order valence-corrected chi connectivity index (χ4v) is 4.64. The molecule has 1 amide bonds. The average molecular weight is 537 g/mol. The number of nitrogens with one attached hydrogen (secondary N) is 1. The fraction of sp³-hybridized carbons (Fsp3) is 0.0714. The van der Waals surface area contributed by atoms with Crippen LogP contribution in [0.25, 0.3) is 16.8 Å². The Morgan fingerprint density at radius 3 is 2.29 bits per heavy atom. The number of fused-ring (bicyclic) bond motifs is 1. The minimum atomic E-state index is -4.73. The molecule has 6 nitrogen and oxygen atoms in total. The minimum absolute atomic E-state index is 0.0922. The molecule has 0 aliphatic carbocycles. The molecule has 1 N–H and O–H groups in total. The van der Waals surface area contributed by atoms with E-state index < -0.39 is 39.0 Å². The van der Waals surface area contributed by atoms with Gasteiger partial charge in [-0.2, -0.15) is 26.9 Å². The van der Waals surface area contributed by atoms with Crippen LogP contribution in [0.15, 0.2) is 95.4 Å². The van der Waals surface area contributed by atoms with Gasteiger partial charge in [-0.15, -0.1) is 0 Å². The van der Waals surface area contributed by atoms with E-state index in [0.29, 0.717) is 10.8 Å². The van der Waals surface area contributed by atoms with Crippen molar-refractivity contribution in [2.24, 2.45) is 0 Å². The maximum absolute atomic E-state index is 13.4. The van der Waals surface area contributed by atoms with Crippen molar-refractivity contribution in [3.8, 4) is 11.8 Å². The van der Waals surface area contributed by atoms with E-state index in [1.807, 2.05) is 0 Å². The normalized spacial score (nSPS) is 12.1. The highest BCUT2D eigenvalue weighted by Gasteiger charge is 2.33. The van der Waals surface area contributed by atoms with Gasteiger partial charge in [0.2, 0.25) is 0 Å². The predicted octanol–water partition coefficient (Wildman–Crippen LogP) is 6.48. The van der Waals surface area contributed by atoms with Crippen LogP contribution in [0.3, 0.4) is 0 Å². The largest absolute Gasteiger partial charge is 0.418 e. The van der Waals surface area contributed by atoms with Crippen molar-refractivity contribution in [3.63, 3.8) is 0 Å². The van der Waals surface area contributed by atoms with E-state index in [0.717, 1.165) is 23.8 Å². The molecule has 4 aromatic rings. The van der Waals surface area contributed by atoms with Crippen molar-refractivity contribution < 1.29 is 30.6 Å². The van der Waals surface area contributed by atoms with Gasteiger partial charge in [-0.05, 0) is 54.1 Å². The van der Waals surface area contributed by atoms with Crippen LogP contribution in [0.4, 0.5) is 18.9 Å². The van der Waals surface area contributed by atoms with Crippen LogP contribution in [0, 0.1) is 18.3 Å². The Bertz CT molecular complexity index is 1710. The molecule has 0 heterocycles. The fourth-order valence-electron chi connectivity index (χ4n) is 3.69. The van der Waals surface area contributed by atoms with Gasteiger partial charge in [0, 0.05) is 5.56 Å². The van der Waals surface area contributed by atoms with Crippen molar-refractivity contribution in [3.05, 3.63) is 107 Å². The number of nitriles is 1. The summed E-state index contributed by atoms with van der Waals surface area (Å²) >= 11 is 0. The van der Waals surface area contributed by atoms with Gasteiger partial charge in [0.1, 0.15) is 16.5 Å². The average Bonchev–Trinajstić information content (AvgIpc) is 2.87. The van der Waals surface area contributed by atoms with E-state index in [4.69, 9.17) is 4.18 Å². The number of carbonyl (C=O) groups is 1. The molecule has 0 aliphatic rings. The Morgan fingerprint density at radius 2 is 1.61 bits per heavy atom. The van der Waals surface area contributed by atoms with E-state index >= 15 is 0 Å². The summed E-state index contributed by atoms with van der Waals surface area (Å²) in [7, 11) is -4.29. The molecule has 4 rings (SSSR count). The van der Waals surface area contributed by atoms with Crippen molar-refractivity contribution in [2.75, 3.05) is 5.32 Å². The first-order valence-corrected chi connectivity index (χ1v) is 12.5. The van der Waals surface area contributed by atoms with E-state index in [2.05, 4.69) is 5.32 Å². The van der Waals surface area contributed by atoms with Crippen molar-refractivity contribution >= 4 is 38.6 Å². The highest BCUT2D eigenvalue weighted by Crippen LogP contribution is 2.35. The topological polar surface area (TPSA) is 96.3 Å². The number of anilines is 1. The van der Waals surface area contributed by atoms with Gasteiger partial charge in [-0.3, -0.25) is 4.79 Å². The number of aryl methyl sites for hydroxylation is 1. The van der Waals surface area contributed by atoms with Gasteiger partial charge < -0.3 is 9.50 Å². The zero-order valence-electron chi connectivity index (χ0n) is 19.8. The SMILES string of the molecule is Cc1ccc(S(=O)(=O)Oc2ccc3ccccc3c2C=C(C#N)C(=O)Nc2ccccc2C(F)(F)F)cc1. The van der Waals surface area contributed by atoms with Gasteiger partial charge in [0.25, 0.3) is 5.91 Å². The first-order valence-electron chi connectivity index (χ1n) is 11.1. The molecule has 0 spiro atoms. The molecule has 0 aromatic heterocycles. The van der Waals surface area contributed by atoms with Crippen LogP contribution in [-0.2, 0) is 21.1 Å². The quantitative estimate of drug-likeness (QED) is 0.173. The van der Waals surface area contributed by atoms with Crippen LogP contribution in [0.5, 0.6) is 5.75 Å². The minimum Gasteiger partial charge on any atom is -0.378 e. The summed E-state index contributed by atoms with van der Waals surface area (Å²) in [6.07, 6.45) is -3.64. The van der Waals surface area contributed by atoms with Crippen molar-refractivity contribution in [1.29, 1.82) is 5.26 Å². The lowest BCUT2D eigenvalue weighted by Gasteiger charge is -2.14. The molecule has 0 radical (unpaired) electrons. The molecule has 0 aliphatic heterocycles. The lowest BCUT2D eigenvalue weighted by molar-refractivity contribution is -0.137. The molecule has 0 unspecified atom stereocenters. The van der Waals surface area contributed by atoms with E-state index in [-0.39, 0.29) is 16.2 Å². The first kappa shape index (κ1) is 26.4. The summed E-state index contributed by atoms with van der Waals surface area (Å²) in [5, 5.41) is 12.9. The summed E-state index contributed by atoms with van der Waals surface area (Å²) in [6, 6.07) is 21.8. The van der Waals surface area contributed by atoms with Crippen LogP contribution >= 0.6 is 0 Å². The number of halogens is 3. The molecule has 0 fully saturated rings. The number of hydrogen-bond acceptors (Lipinski definition) is 5. The number of para-hydroxylation sites is 1. The molecule has 0 saturated carbocycles. The van der Waals surface area contributed by atoms with Crippen molar-refractivity contribution in [2.45, 2.75) is 18.0 Å². The summed E-state index contributed by atoms with van der Waals surface area (Å²) in [5.74, 6) is -1.27. The summed E-state index contributed by atoms with van der Waals surface area (Å²) < 4.78 is 71.5. The number of rotatable bonds is 6. The Morgan fingerprint density at radius 1 is 0.947 bits per heavy atom.